The van der Waals surface area contributed by atoms with Gasteiger partial charge >= 0.3 is 11.9 Å². The summed E-state index contributed by atoms with van der Waals surface area (Å²) in [6, 6.07) is 11.4. The summed E-state index contributed by atoms with van der Waals surface area (Å²) in [5.74, 6) is -1.38. The maximum absolute atomic E-state index is 13.9. The molecule has 0 bridgehead atoms. The molecule has 0 saturated heterocycles. The molecular weight excluding hydrogens is 646 g/mol. The van der Waals surface area contributed by atoms with E-state index in [2.05, 4.69) is 0 Å². The second kappa shape index (κ2) is 16.3. The summed E-state index contributed by atoms with van der Waals surface area (Å²) < 4.78 is 87.2. The van der Waals surface area contributed by atoms with E-state index in [0.717, 1.165) is 0 Å². The lowest BCUT2D eigenvalue weighted by Crippen LogP contribution is -2.28. The molecule has 0 aliphatic heterocycles. The molecule has 2 aromatic carbocycles. The van der Waals surface area contributed by atoms with Crippen LogP contribution in [0.5, 0.6) is 11.5 Å². The summed E-state index contributed by atoms with van der Waals surface area (Å²) in [7, 11) is -10.7. The van der Waals surface area contributed by atoms with E-state index < -0.39 is 67.3 Å². The fraction of sp³-hybridized carbons (Fsp3) is 0.533. The average molecular weight is 691 g/mol. The van der Waals surface area contributed by atoms with Gasteiger partial charge in [0.1, 0.15) is 5.75 Å². The number of hydrogen-bond donors (Lipinski definition) is 1. The van der Waals surface area contributed by atoms with E-state index in [-0.39, 0.29) is 35.6 Å². The van der Waals surface area contributed by atoms with Crippen LogP contribution in [-0.4, -0.2) is 43.2 Å². The first-order valence-corrected chi connectivity index (χ1v) is 18.6. The Labute approximate surface area is 266 Å². The molecule has 45 heavy (non-hydrogen) atoms. The van der Waals surface area contributed by atoms with Crippen molar-refractivity contribution in [1.82, 2.24) is 0 Å². The molecule has 4 atom stereocenters. The summed E-state index contributed by atoms with van der Waals surface area (Å²) in [5.41, 5.74) is -1.25. The molecule has 0 aliphatic rings. The van der Waals surface area contributed by atoms with Crippen LogP contribution >= 0.6 is 16.1 Å². The van der Waals surface area contributed by atoms with Gasteiger partial charge < -0.3 is 14.2 Å². The largest absolute Gasteiger partial charge is 0.456 e. The van der Waals surface area contributed by atoms with E-state index in [1.54, 1.807) is 77.9 Å². The van der Waals surface area contributed by atoms with Gasteiger partial charge in [-0.05, 0) is 98.4 Å². The second-order valence-corrected chi connectivity index (χ2v) is 16.6. The maximum Gasteiger partial charge on any atom is 0.313 e. The van der Waals surface area contributed by atoms with Crippen molar-refractivity contribution in [3.8, 4) is 11.5 Å². The quantitative estimate of drug-likeness (QED) is 0.0786. The van der Waals surface area contributed by atoms with Crippen LogP contribution < -0.4 is 15.3 Å². The molecule has 2 aromatic rings. The van der Waals surface area contributed by atoms with Crippen molar-refractivity contribution >= 4 is 48.7 Å². The number of rotatable bonds is 15. The molecule has 0 aliphatic carbocycles. The van der Waals surface area contributed by atoms with Crippen LogP contribution in [0.25, 0.3) is 0 Å². The fourth-order valence-electron chi connectivity index (χ4n) is 3.66. The third-order valence-corrected chi connectivity index (χ3v) is 9.73. The molecule has 0 fully saturated rings. The SMILES string of the molecule is CC(OC(=O)C(C)(C)C)O[PH](=O)c1ccc(CCCCS(=O)(=O)O)c([PH](=O)OC(C)OC(=O)C(C)(C)C)c1Oc1ccccc1. The van der Waals surface area contributed by atoms with Gasteiger partial charge in [-0.25, -0.2) is 0 Å². The van der Waals surface area contributed by atoms with Gasteiger partial charge in [-0.15, -0.1) is 0 Å². The van der Waals surface area contributed by atoms with Gasteiger partial charge in [-0.1, -0.05) is 24.3 Å². The van der Waals surface area contributed by atoms with Gasteiger partial charge in [0.05, 0.1) is 27.2 Å². The van der Waals surface area contributed by atoms with Crippen molar-refractivity contribution in [2.45, 2.75) is 87.2 Å². The summed E-state index contributed by atoms with van der Waals surface area (Å²) in [4.78, 5) is 24.8. The highest BCUT2D eigenvalue weighted by atomic mass is 32.2. The van der Waals surface area contributed by atoms with Crippen molar-refractivity contribution in [3.05, 3.63) is 48.0 Å². The Morgan fingerprint density at radius 1 is 0.800 bits per heavy atom. The second-order valence-electron chi connectivity index (χ2n) is 12.4. The number of carbonyl (C=O) groups excluding carboxylic acids is 2. The molecule has 2 rings (SSSR count). The van der Waals surface area contributed by atoms with Crippen LogP contribution in [0.3, 0.4) is 0 Å². The Balaban J connectivity index is 2.58. The van der Waals surface area contributed by atoms with Crippen LogP contribution in [-0.2, 0) is 53.8 Å². The number of aryl methyl sites for hydroxylation is 1. The molecule has 0 radical (unpaired) electrons. The minimum Gasteiger partial charge on any atom is -0.456 e. The van der Waals surface area contributed by atoms with Crippen molar-refractivity contribution in [1.29, 1.82) is 0 Å². The van der Waals surface area contributed by atoms with Crippen LogP contribution in [0.1, 0.15) is 73.8 Å². The van der Waals surface area contributed by atoms with Gasteiger partial charge in [0.25, 0.3) is 10.1 Å². The van der Waals surface area contributed by atoms with Crippen LogP contribution in [0, 0.1) is 10.8 Å². The maximum atomic E-state index is 13.9. The smallest absolute Gasteiger partial charge is 0.313 e. The first-order valence-electron chi connectivity index (χ1n) is 14.4. The summed E-state index contributed by atoms with van der Waals surface area (Å²) in [5, 5.41) is 0.0636. The number of unbranched alkanes of at least 4 members (excludes halogenated alkanes) is 1. The minimum atomic E-state index is -4.18. The normalized spacial score (nSPS) is 15.0. The van der Waals surface area contributed by atoms with E-state index in [9.17, 15) is 27.1 Å². The van der Waals surface area contributed by atoms with E-state index >= 15 is 0 Å². The molecule has 0 heterocycles. The third-order valence-electron chi connectivity index (χ3n) is 6.05. The highest BCUT2D eigenvalue weighted by Crippen LogP contribution is 2.38. The number of para-hydroxylation sites is 1. The standard InChI is InChI=1S/C30H44O12P2S/c1-20(38-27(31)29(3,4)5)41-43(33)24-18-17-22(14-12-13-19-45(35,36)37)26(25(24)40-23-15-10-9-11-16-23)44(34)42-21(2)39-28(32)30(6,7)8/h9-11,15-18,20-21,43-44H,12-14,19H2,1-8H3,(H,35,36,37). The highest BCUT2D eigenvalue weighted by molar-refractivity contribution is 7.85. The lowest BCUT2D eigenvalue weighted by atomic mass is 9.97. The molecule has 0 spiro atoms. The van der Waals surface area contributed by atoms with Crippen molar-refractivity contribution in [3.63, 3.8) is 0 Å². The van der Waals surface area contributed by atoms with Gasteiger partial charge in [0.15, 0.2) is 5.75 Å². The number of ether oxygens (including phenoxy) is 3. The Hall–Kier alpha value is -2.53. The summed E-state index contributed by atoms with van der Waals surface area (Å²) in [6.45, 7) is 12.8. The van der Waals surface area contributed by atoms with Crippen LogP contribution in [0.2, 0.25) is 0 Å². The van der Waals surface area contributed by atoms with E-state index in [1.807, 2.05) is 0 Å². The molecule has 12 nitrogen and oxygen atoms in total. The Morgan fingerprint density at radius 3 is 1.80 bits per heavy atom. The zero-order valence-electron chi connectivity index (χ0n) is 26.9. The number of carbonyl (C=O) groups is 2. The Morgan fingerprint density at radius 2 is 1.31 bits per heavy atom. The Bertz CT molecular complexity index is 1480. The van der Waals surface area contributed by atoms with E-state index in [1.165, 1.54) is 19.9 Å². The molecule has 0 amide bonds. The molecule has 252 valence electrons. The third kappa shape index (κ3) is 13.0. The lowest BCUT2D eigenvalue weighted by Gasteiger charge is -2.24. The lowest BCUT2D eigenvalue weighted by molar-refractivity contribution is -0.171. The molecule has 4 unspecified atom stereocenters. The van der Waals surface area contributed by atoms with Crippen LogP contribution in [0.4, 0.5) is 0 Å². The molecule has 1 N–H and O–H groups in total. The van der Waals surface area contributed by atoms with Crippen molar-refractivity contribution < 1.29 is 54.9 Å². The Kier molecular flexibility index (Phi) is 14.0. The monoisotopic (exact) mass is 690 g/mol. The van der Waals surface area contributed by atoms with Gasteiger partial charge in [-0.2, -0.15) is 8.42 Å². The van der Waals surface area contributed by atoms with Gasteiger partial charge in [-0.3, -0.25) is 32.3 Å². The zero-order valence-corrected chi connectivity index (χ0v) is 29.7. The van der Waals surface area contributed by atoms with Crippen molar-refractivity contribution in [2.75, 3.05) is 5.75 Å². The minimum absolute atomic E-state index is 0.0282. The zero-order chi connectivity index (χ0) is 34.2. The average Bonchev–Trinajstić information content (AvgIpc) is 2.89. The van der Waals surface area contributed by atoms with E-state index in [0.29, 0.717) is 11.3 Å². The van der Waals surface area contributed by atoms with Gasteiger partial charge in [0.2, 0.25) is 28.6 Å². The first kappa shape index (κ1) is 38.7. The molecule has 15 heteroatoms. The van der Waals surface area contributed by atoms with E-state index in [4.69, 9.17) is 27.8 Å². The first-order chi connectivity index (χ1) is 20.7. The predicted molar refractivity (Wildman–Crippen MR) is 172 cm³/mol. The molecular formula is C30H44O12P2S. The number of hydrogen-bond acceptors (Lipinski definition) is 11. The van der Waals surface area contributed by atoms with Gasteiger partial charge in [0, 0.05) is 0 Å². The fourth-order valence-corrected chi connectivity index (χ4v) is 6.72. The topological polar surface area (TPSA) is 169 Å². The predicted octanol–water partition coefficient (Wildman–Crippen LogP) is 5.79. The summed E-state index contributed by atoms with van der Waals surface area (Å²) >= 11 is 0. The van der Waals surface area contributed by atoms with Crippen LogP contribution in [0.15, 0.2) is 42.5 Å². The number of benzene rings is 2. The van der Waals surface area contributed by atoms with Crippen molar-refractivity contribution in [2.24, 2.45) is 10.8 Å². The number of esters is 2. The molecule has 0 saturated carbocycles. The highest BCUT2D eigenvalue weighted by Gasteiger charge is 2.30. The molecule has 0 aromatic heterocycles. The summed E-state index contributed by atoms with van der Waals surface area (Å²) in [6.07, 6.45) is -1.86.